The van der Waals surface area contributed by atoms with Crippen LogP contribution in [0.4, 0.5) is 0 Å². The first-order valence-electron chi connectivity index (χ1n) is 1.33. The van der Waals surface area contributed by atoms with Crippen LogP contribution in [0.15, 0.2) is 0 Å². The Morgan fingerprint density at radius 2 is 1.00 bits per heavy atom. The average Bonchev–Trinajstić information content (AvgIpc) is 1.12. The molecule has 0 amide bonds. The molecule has 0 rings (SSSR count). The van der Waals surface area contributed by atoms with Crippen molar-refractivity contribution < 1.29 is 47.1 Å². The number of hydrogen-bond acceptors (Lipinski definition) is 8. The Balaban J connectivity index is -0.000000107. The molecule has 0 unspecified atom stereocenters. The Hall–Kier alpha value is 0.845. The zero-order valence-corrected chi connectivity index (χ0v) is 10.6. The van der Waals surface area contributed by atoms with Gasteiger partial charge in [0.05, 0.1) is 0 Å². The maximum absolute atomic E-state index is 8.59. The molecule has 0 aliphatic rings. The molecule has 0 fully saturated rings. The van der Waals surface area contributed by atoms with Crippen LogP contribution < -0.4 is 8.32 Å². The van der Waals surface area contributed by atoms with E-state index in [2.05, 4.69) is 0 Å². The number of rotatable bonds is 0. The van der Waals surface area contributed by atoms with E-state index < -0.39 is 24.0 Å². The van der Waals surface area contributed by atoms with Gasteiger partial charge in [-0.15, -0.1) is 0 Å². The summed E-state index contributed by atoms with van der Waals surface area (Å²) in [6.45, 7) is 0. The van der Waals surface area contributed by atoms with E-state index in [1.54, 1.807) is 0 Å². The van der Waals surface area contributed by atoms with Crippen molar-refractivity contribution in [1.29, 1.82) is 0 Å². The summed E-state index contributed by atoms with van der Waals surface area (Å²) in [6.07, 6.45) is 0. The molecule has 11 heavy (non-hydrogen) atoms. The van der Waals surface area contributed by atoms with Gasteiger partial charge >= 0.3 is 56.8 Å². The normalized spacial score (nSPS) is 10.5. The zero-order valence-electron chi connectivity index (χ0n) is 4.58. The maximum Gasteiger partial charge on any atom is 2.00 e. The Morgan fingerprint density at radius 3 is 1.00 bits per heavy atom. The third kappa shape index (κ3) is 1190. The van der Waals surface area contributed by atoms with Gasteiger partial charge in [-0.3, -0.25) is 8.42 Å². The van der Waals surface area contributed by atoms with Crippen LogP contribution in [0.3, 0.4) is 0 Å². The summed E-state index contributed by atoms with van der Waals surface area (Å²) in [7, 11) is -5.17. The van der Waals surface area contributed by atoms with Gasteiger partial charge in [0.15, 0.2) is 0 Å². The molecule has 2 radical (unpaired) electrons. The van der Waals surface area contributed by atoms with Crippen molar-refractivity contribution in [2.24, 2.45) is 0 Å². The van der Waals surface area contributed by atoms with Crippen LogP contribution in [-0.4, -0.2) is 44.8 Å². The molecule has 0 heterocycles. The first-order valence-corrected chi connectivity index (χ1v) is 4.75. The van der Waals surface area contributed by atoms with Gasteiger partial charge in [0.2, 0.25) is 0 Å². The summed E-state index contributed by atoms with van der Waals surface area (Å²) in [5.41, 5.74) is 0. The first kappa shape index (κ1) is 17.8. The topological polar surface area (TPSA) is 161 Å². The predicted molar refractivity (Wildman–Crippen MR) is 17.6 cm³/mol. The Kier molecular flexibility index (Phi) is 10.3. The Labute approximate surface area is 84.4 Å². The summed E-state index contributed by atoms with van der Waals surface area (Å²) >= 11 is -5.75. The van der Waals surface area contributed by atoms with E-state index in [4.69, 9.17) is 33.4 Å². The summed E-state index contributed by atoms with van der Waals surface area (Å²) in [5.74, 6) is 0. The third-order valence-electron chi connectivity index (χ3n) is 0. The molecular formula is CrO8PbS-2. The minimum Gasteiger partial charge on any atom is 2.00 e. The van der Waals surface area contributed by atoms with Crippen LogP contribution >= 0.6 is 0 Å². The second kappa shape index (κ2) is 6.37. The SMILES string of the molecule is O=S(=O)([O-])[O-].[O]=[Cr](=[O])([O-])[O-].[Pb+2]. The van der Waals surface area contributed by atoms with Gasteiger partial charge in [-0.25, -0.2) is 0 Å². The standard InChI is InChI=1S/Cr.H2O4S.4O.Pb/c;1-5(2,3)4;;;;;/h;(H2,1,2,3,4);;;;;/q;;;;2*-1;+2/p-2. The largest absolute Gasteiger partial charge is 2.00 e. The van der Waals surface area contributed by atoms with Gasteiger partial charge in [0.25, 0.3) is 0 Å². The summed E-state index contributed by atoms with van der Waals surface area (Å²) in [5, 5.41) is 0. The monoisotopic (exact) mass is 420 g/mol. The van der Waals surface area contributed by atoms with E-state index in [0.717, 1.165) is 0 Å². The third-order valence-corrected chi connectivity index (χ3v) is 0. The summed E-state index contributed by atoms with van der Waals surface area (Å²) in [4.78, 5) is 0. The minimum absolute atomic E-state index is 0. The zero-order chi connectivity index (χ0) is 9.00. The van der Waals surface area contributed by atoms with Gasteiger partial charge in [-0.05, 0) is 0 Å². The van der Waals surface area contributed by atoms with E-state index in [-0.39, 0.29) is 27.3 Å². The van der Waals surface area contributed by atoms with Crippen molar-refractivity contribution in [3.63, 3.8) is 0 Å². The minimum atomic E-state index is -5.75. The van der Waals surface area contributed by atoms with Crippen molar-refractivity contribution in [3.05, 3.63) is 0 Å². The summed E-state index contributed by atoms with van der Waals surface area (Å²) < 4.78 is 68.5. The first-order chi connectivity index (χ1) is 4.00. The van der Waals surface area contributed by atoms with Gasteiger partial charge in [0.1, 0.15) is 0 Å². The molecule has 0 bridgehead atoms. The van der Waals surface area contributed by atoms with Crippen LogP contribution in [0.2, 0.25) is 0 Å². The van der Waals surface area contributed by atoms with E-state index in [1.165, 1.54) is 0 Å². The van der Waals surface area contributed by atoms with Crippen LogP contribution in [0, 0.1) is 0 Å². The smallest absolute Gasteiger partial charge is 2.00 e. The predicted octanol–water partition coefficient (Wildman–Crippen LogP) is -4.34. The molecule has 0 aliphatic carbocycles. The molecule has 0 aromatic rings. The molecule has 0 aromatic heterocycles. The van der Waals surface area contributed by atoms with E-state index in [9.17, 15) is 0 Å². The molecule has 0 spiro atoms. The molecule has 66 valence electrons. The van der Waals surface area contributed by atoms with E-state index in [0.29, 0.717) is 0 Å². The molecule has 8 nitrogen and oxygen atoms in total. The van der Waals surface area contributed by atoms with Crippen molar-refractivity contribution in [2.75, 3.05) is 0 Å². The van der Waals surface area contributed by atoms with Crippen LogP contribution in [-0.2, 0) is 31.6 Å². The van der Waals surface area contributed by atoms with Crippen molar-refractivity contribution in [3.8, 4) is 0 Å². The van der Waals surface area contributed by atoms with Gasteiger partial charge < -0.3 is 9.11 Å². The van der Waals surface area contributed by atoms with Gasteiger partial charge in [-0.2, -0.15) is 0 Å². The Morgan fingerprint density at radius 1 is 1.00 bits per heavy atom. The van der Waals surface area contributed by atoms with Crippen molar-refractivity contribution in [2.45, 2.75) is 0 Å². The molecule has 0 atom stereocenters. The Bertz CT molecular complexity index is 210. The van der Waals surface area contributed by atoms with E-state index >= 15 is 0 Å². The summed E-state index contributed by atoms with van der Waals surface area (Å²) in [6, 6.07) is 0. The maximum atomic E-state index is 8.59. The van der Waals surface area contributed by atoms with Crippen LogP contribution in [0.1, 0.15) is 0 Å². The van der Waals surface area contributed by atoms with Gasteiger partial charge in [0, 0.05) is 10.4 Å². The molecule has 0 saturated heterocycles. The average molecular weight is 419 g/mol. The van der Waals surface area contributed by atoms with Gasteiger partial charge in [-0.1, -0.05) is 0 Å². The molecule has 11 heteroatoms. The second-order valence-electron chi connectivity index (χ2n) is 0.816. The van der Waals surface area contributed by atoms with Crippen molar-refractivity contribution >= 4 is 37.7 Å². The fraction of sp³-hybridized carbons (Fsp3) is 0. The quantitative estimate of drug-likeness (QED) is 0.216. The second-order valence-corrected chi connectivity index (χ2v) is 2.91. The molecule has 0 aliphatic heterocycles. The van der Waals surface area contributed by atoms with E-state index in [1.807, 2.05) is 0 Å². The number of hydrogen-bond donors (Lipinski definition) is 0. The molecule has 0 N–H and O–H groups in total. The molecule has 0 saturated carbocycles. The fourth-order valence-electron chi connectivity index (χ4n) is 0. The molecular weight excluding hydrogens is 419 g/mol. The van der Waals surface area contributed by atoms with Crippen LogP contribution in [0.25, 0.3) is 0 Å². The van der Waals surface area contributed by atoms with Crippen LogP contribution in [0.5, 0.6) is 0 Å². The molecule has 0 aromatic carbocycles. The fourth-order valence-corrected chi connectivity index (χ4v) is 0. The van der Waals surface area contributed by atoms with Crippen molar-refractivity contribution in [1.82, 2.24) is 0 Å².